The molecule has 0 saturated carbocycles. The first-order chi connectivity index (χ1) is 12.8. The fourth-order valence-electron chi connectivity index (χ4n) is 2.15. The molecule has 1 aromatic heterocycles. The highest BCUT2D eigenvalue weighted by Gasteiger charge is 2.13. The number of non-ortho nitro benzene ring substituents is 1. The van der Waals surface area contributed by atoms with Gasteiger partial charge >= 0.3 is 0 Å². The maximum Gasteiger partial charge on any atom is 0.269 e. The molecule has 0 unspecified atom stereocenters. The number of nitro benzene ring substituents is 1. The number of nitriles is 1. The van der Waals surface area contributed by atoms with E-state index in [1.807, 2.05) is 0 Å². The van der Waals surface area contributed by atoms with Gasteiger partial charge in [0.25, 0.3) is 11.6 Å². The van der Waals surface area contributed by atoms with Crippen molar-refractivity contribution in [3.8, 4) is 6.07 Å². The molecule has 0 aliphatic rings. The van der Waals surface area contributed by atoms with Crippen molar-refractivity contribution in [2.45, 2.75) is 18.9 Å². The van der Waals surface area contributed by atoms with Gasteiger partial charge in [0.15, 0.2) is 0 Å². The quantitative estimate of drug-likeness (QED) is 0.456. The lowest BCUT2D eigenvalue weighted by Crippen LogP contribution is -2.42. The van der Waals surface area contributed by atoms with E-state index in [4.69, 9.17) is 0 Å². The number of benzene rings is 1. The number of hydrogen-bond acceptors (Lipinski definition) is 7. The van der Waals surface area contributed by atoms with Gasteiger partial charge in [-0.3, -0.25) is 30.6 Å². The number of aryl methyl sites for hydroxylation is 2. The van der Waals surface area contributed by atoms with Gasteiger partial charge in [0.05, 0.1) is 16.2 Å². The topological polar surface area (TPSA) is 138 Å². The van der Waals surface area contributed by atoms with Crippen LogP contribution in [0.1, 0.15) is 27.2 Å². The molecule has 10 heteroatoms. The maximum atomic E-state index is 11.9. The van der Waals surface area contributed by atoms with E-state index in [9.17, 15) is 25.0 Å². The third kappa shape index (κ3) is 5.26. The van der Waals surface area contributed by atoms with Crippen LogP contribution in [0.3, 0.4) is 0 Å². The number of nitro groups is 1. The first-order valence-electron chi connectivity index (χ1n) is 7.66. The van der Waals surface area contributed by atoms with Crippen LogP contribution >= 0.6 is 11.8 Å². The number of hydrazine groups is 1. The number of nitrogens with one attached hydrogen (secondary N) is 2. The summed E-state index contributed by atoms with van der Waals surface area (Å²) in [5.74, 6) is -1.14. The fourth-order valence-corrected chi connectivity index (χ4v) is 3.05. The van der Waals surface area contributed by atoms with Crippen LogP contribution in [0.5, 0.6) is 0 Å². The predicted octanol–water partition coefficient (Wildman–Crippen LogP) is 2.03. The molecular formula is C17H15N5O4S. The Morgan fingerprint density at radius 2 is 1.93 bits per heavy atom. The molecule has 1 aromatic carbocycles. The molecule has 0 radical (unpaired) electrons. The molecule has 1 heterocycles. The molecule has 0 aliphatic carbocycles. The number of carbonyl (C=O) groups excluding carboxylic acids is 2. The van der Waals surface area contributed by atoms with Crippen LogP contribution in [0.2, 0.25) is 0 Å². The largest absolute Gasteiger partial charge is 0.272 e. The second-order valence-electron chi connectivity index (χ2n) is 5.47. The molecule has 2 aromatic rings. The Kier molecular flexibility index (Phi) is 6.46. The van der Waals surface area contributed by atoms with E-state index < -0.39 is 16.7 Å². The summed E-state index contributed by atoms with van der Waals surface area (Å²) in [6.45, 7) is 3.59. The van der Waals surface area contributed by atoms with E-state index in [2.05, 4.69) is 21.9 Å². The van der Waals surface area contributed by atoms with Gasteiger partial charge in [-0.2, -0.15) is 5.26 Å². The van der Waals surface area contributed by atoms with Gasteiger partial charge in [0.1, 0.15) is 11.1 Å². The number of carbonyl (C=O) groups is 2. The lowest BCUT2D eigenvalue weighted by Gasteiger charge is -2.09. The monoisotopic (exact) mass is 385 g/mol. The zero-order chi connectivity index (χ0) is 20.0. The van der Waals surface area contributed by atoms with Crippen LogP contribution in [0, 0.1) is 35.3 Å². The molecule has 0 atom stereocenters. The average Bonchev–Trinajstić information content (AvgIpc) is 2.64. The molecule has 0 saturated heterocycles. The molecule has 0 aliphatic heterocycles. The smallest absolute Gasteiger partial charge is 0.269 e. The lowest BCUT2D eigenvalue weighted by atomic mass is 10.1. The van der Waals surface area contributed by atoms with Gasteiger partial charge in [-0.1, -0.05) is 11.8 Å². The molecular weight excluding hydrogens is 370 g/mol. The van der Waals surface area contributed by atoms with Crippen LogP contribution in [-0.4, -0.2) is 27.5 Å². The van der Waals surface area contributed by atoms with Crippen molar-refractivity contribution < 1.29 is 14.5 Å². The number of hydrogen-bond donors (Lipinski definition) is 2. The number of aromatic nitrogens is 1. The highest BCUT2D eigenvalue weighted by molar-refractivity contribution is 8.00. The van der Waals surface area contributed by atoms with Crippen molar-refractivity contribution in [3.05, 3.63) is 62.8 Å². The second-order valence-corrected chi connectivity index (χ2v) is 6.43. The second kappa shape index (κ2) is 8.77. The first-order valence-corrected chi connectivity index (χ1v) is 8.65. The summed E-state index contributed by atoms with van der Waals surface area (Å²) < 4.78 is 0. The van der Waals surface area contributed by atoms with E-state index in [1.165, 1.54) is 24.3 Å². The highest BCUT2D eigenvalue weighted by Crippen LogP contribution is 2.23. The molecule has 0 spiro atoms. The molecule has 0 fully saturated rings. The van der Waals surface area contributed by atoms with Gasteiger partial charge in [0, 0.05) is 23.4 Å². The van der Waals surface area contributed by atoms with Gasteiger partial charge in [0.2, 0.25) is 5.91 Å². The number of amides is 2. The molecule has 2 rings (SSSR count). The number of pyridine rings is 1. The first kappa shape index (κ1) is 19.9. The van der Waals surface area contributed by atoms with Crippen molar-refractivity contribution in [1.82, 2.24) is 15.8 Å². The molecule has 2 amide bonds. The van der Waals surface area contributed by atoms with Crippen molar-refractivity contribution in [2.24, 2.45) is 0 Å². The summed E-state index contributed by atoms with van der Waals surface area (Å²) in [5, 5.41) is 20.3. The van der Waals surface area contributed by atoms with E-state index >= 15 is 0 Å². The summed E-state index contributed by atoms with van der Waals surface area (Å²) in [6, 6.07) is 8.81. The SMILES string of the molecule is Cc1cc(C)c(C#N)c(SCC(=O)NNC(=O)c2ccc([N+](=O)[O-])cc2)n1. The van der Waals surface area contributed by atoms with E-state index in [0.717, 1.165) is 23.0 Å². The van der Waals surface area contributed by atoms with Gasteiger partial charge in [-0.25, -0.2) is 4.98 Å². The van der Waals surface area contributed by atoms with E-state index in [0.29, 0.717) is 10.6 Å². The summed E-state index contributed by atoms with van der Waals surface area (Å²) in [7, 11) is 0. The summed E-state index contributed by atoms with van der Waals surface area (Å²) in [4.78, 5) is 38.1. The third-order valence-corrected chi connectivity index (χ3v) is 4.39. The Morgan fingerprint density at radius 3 is 2.52 bits per heavy atom. The molecule has 27 heavy (non-hydrogen) atoms. The summed E-state index contributed by atoms with van der Waals surface area (Å²) in [6.07, 6.45) is 0. The van der Waals surface area contributed by atoms with E-state index in [1.54, 1.807) is 19.9 Å². The molecule has 0 bridgehead atoms. The number of rotatable bonds is 5. The Bertz CT molecular complexity index is 938. The van der Waals surface area contributed by atoms with Crippen LogP contribution in [0.4, 0.5) is 5.69 Å². The van der Waals surface area contributed by atoms with E-state index in [-0.39, 0.29) is 17.0 Å². The zero-order valence-corrected chi connectivity index (χ0v) is 15.3. The van der Waals surface area contributed by atoms with Crippen molar-refractivity contribution in [3.63, 3.8) is 0 Å². The fraction of sp³-hybridized carbons (Fsp3) is 0.176. The predicted molar refractivity (Wildman–Crippen MR) is 97.9 cm³/mol. The molecule has 9 nitrogen and oxygen atoms in total. The summed E-state index contributed by atoms with van der Waals surface area (Å²) in [5.41, 5.74) is 6.43. The van der Waals surface area contributed by atoms with Crippen molar-refractivity contribution >= 4 is 29.3 Å². The van der Waals surface area contributed by atoms with Crippen molar-refractivity contribution in [1.29, 1.82) is 5.26 Å². The number of thioether (sulfide) groups is 1. The Balaban J connectivity index is 1.90. The maximum absolute atomic E-state index is 11.9. The Labute approximate surface area is 158 Å². The Hall–Kier alpha value is -3.45. The zero-order valence-electron chi connectivity index (χ0n) is 14.5. The highest BCUT2D eigenvalue weighted by atomic mass is 32.2. The average molecular weight is 385 g/mol. The minimum absolute atomic E-state index is 0.0505. The van der Waals surface area contributed by atoms with Crippen LogP contribution in [-0.2, 0) is 4.79 Å². The van der Waals surface area contributed by atoms with Crippen LogP contribution in [0.15, 0.2) is 35.4 Å². The minimum atomic E-state index is -0.606. The standard InChI is InChI=1S/C17H15N5O4S/c1-10-7-11(2)19-17(14(10)8-18)27-9-15(23)20-21-16(24)12-3-5-13(6-4-12)22(25)26/h3-7H,9H2,1-2H3,(H,20,23)(H,21,24). The van der Waals surface area contributed by atoms with Gasteiger partial charge in [-0.05, 0) is 37.6 Å². The van der Waals surface area contributed by atoms with Crippen molar-refractivity contribution in [2.75, 3.05) is 5.75 Å². The summed E-state index contributed by atoms with van der Waals surface area (Å²) >= 11 is 1.09. The van der Waals surface area contributed by atoms with Gasteiger partial charge in [-0.15, -0.1) is 0 Å². The molecule has 2 N–H and O–H groups in total. The van der Waals surface area contributed by atoms with Gasteiger partial charge < -0.3 is 0 Å². The van der Waals surface area contributed by atoms with Crippen LogP contribution < -0.4 is 10.9 Å². The normalized spacial score (nSPS) is 9.96. The lowest BCUT2D eigenvalue weighted by molar-refractivity contribution is -0.384. The van der Waals surface area contributed by atoms with Crippen LogP contribution in [0.25, 0.3) is 0 Å². The Morgan fingerprint density at radius 1 is 1.26 bits per heavy atom. The number of nitrogens with zero attached hydrogens (tertiary/aromatic N) is 3. The minimum Gasteiger partial charge on any atom is -0.272 e. The third-order valence-electron chi connectivity index (χ3n) is 3.42. The molecule has 138 valence electrons.